The number of hydrogen-bond acceptors (Lipinski definition) is 4. The molecule has 1 amide bonds. The molecule has 2 aromatic rings. The largest absolute Gasteiger partial charge is 0.380 e. The van der Waals surface area contributed by atoms with Crippen LogP contribution in [-0.2, 0) is 11.3 Å². The van der Waals surface area contributed by atoms with E-state index in [2.05, 4.69) is 22.6 Å². The Balaban J connectivity index is 1.74. The number of aromatic nitrogens is 3. The quantitative estimate of drug-likeness (QED) is 0.910. The van der Waals surface area contributed by atoms with Gasteiger partial charge in [-0.1, -0.05) is 12.1 Å². The summed E-state index contributed by atoms with van der Waals surface area (Å²) in [7, 11) is 0. The van der Waals surface area contributed by atoms with Crippen molar-refractivity contribution in [2.45, 2.75) is 20.4 Å². The van der Waals surface area contributed by atoms with E-state index in [-0.39, 0.29) is 11.3 Å². The number of ether oxygens (including phenoxy) is 1. The van der Waals surface area contributed by atoms with Gasteiger partial charge in [-0.15, -0.1) is 5.10 Å². The molecular weight excluding hydrogens is 256 g/mol. The topological polar surface area (TPSA) is 69.0 Å². The molecule has 0 bridgehead atoms. The molecule has 1 saturated heterocycles. The van der Waals surface area contributed by atoms with E-state index in [4.69, 9.17) is 4.74 Å². The fourth-order valence-corrected chi connectivity index (χ4v) is 2.30. The van der Waals surface area contributed by atoms with Crippen molar-refractivity contribution in [3.8, 4) is 0 Å². The van der Waals surface area contributed by atoms with Gasteiger partial charge in [0.2, 0.25) is 0 Å². The highest BCUT2D eigenvalue weighted by Crippen LogP contribution is 2.25. The van der Waals surface area contributed by atoms with Gasteiger partial charge < -0.3 is 10.1 Å². The average molecular weight is 274 g/mol. The van der Waals surface area contributed by atoms with Gasteiger partial charge in [0.25, 0.3) is 5.91 Å². The van der Waals surface area contributed by atoms with E-state index in [9.17, 15) is 4.79 Å². The predicted octanol–water partition coefficient (Wildman–Crippen LogP) is 1.22. The molecule has 1 aliphatic rings. The third-order valence-corrected chi connectivity index (χ3v) is 3.65. The van der Waals surface area contributed by atoms with Gasteiger partial charge in [0, 0.05) is 24.1 Å². The summed E-state index contributed by atoms with van der Waals surface area (Å²) in [5.74, 6) is -0.0777. The van der Waals surface area contributed by atoms with Crippen LogP contribution in [0.2, 0.25) is 0 Å². The number of rotatable bonds is 4. The molecule has 6 heteroatoms. The number of hydrogen-bond donors (Lipinski definition) is 1. The minimum atomic E-state index is -0.0777. The SMILES string of the molecule is CCn1nnc2cc(C(=O)NCC3(C)COC3)ccc21. The molecule has 2 heterocycles. The summed E-state index contributed by atoms with van der Waals surface area (Å²) >= 11 is 0. The van der Waals surface area contributed by atoms with Gasteiger partial charge in [0.1, 0.15) is 5.52 Å². The van der Waals surface area contributed by atoms with Crippen LogP contribution in [0.3, 0.4) is 0 Å². The highest BCUT2D eigenvalue weighted by Gasteiger charge is 2.33. The van der Waals surface area contributed by atoms with E-state index < -0.39 is 0 Å². The van der Waals surface area contributed by atoms with Gasteiger partial charge in [-0.25, -0.2) is 4.68 Å². The molecule has 0 unspecified atom stereocenters. The van der Waals surface area contributed by atoms with Gasteiger partial charge >= 0.3 is 0 Å². The zero-order valence-corrected chi connectivity index (χ0v) is 11.7. The minimum Gasteiger partial charge on any atom is -0.380 e. The normalized spacial score (nSPS) is 16.9. The molecule has 0 spiro atoms. The minimum absolute atomic E-state index is 0.0745. The molecule has 1 fully saturated rings. The number of carbonyl (C=O) groups is 1. The molecule has 20 heavy (non-hydrogen) atoms. The summed E-state index contributed by atoms with van der Waals surface area (Å²) in [6.45, 7) is 6.92. The lowest BCUT2D eigenvalue weighted by Gasteiger charge is -2.38. The second kappa shape index (κ2) is 4.86. The van der Waals surface area contributed by atoms with E-state index in [1.165, 1.54) is 0 Å². The highest BCUT2D eigenvalue weighted by atomic mass is 16.5. The summed E-state index contributed by atoms with van der Waals surface area (Å²) in [5, 5.41) is 11.1. The maximum atomic E-state index is 12.1. The Labute approximate surface area is 117 Å². The van der Waals surface area contributed by atoms with Crippen molar-refractivity contribution in [1.82, 2.24) is 20.3 Å². The second-order valence-corrected chi connectivity index (χ2v) is 5.59. The first kappa shape index (κ1) is 13.1. The Hall–Kier alpha value is -1.95. The Morgan fingerprint density at radius 3 is 2.95 bits per heavy atom. The fraction of sp³-hybridized carbons (Fsp3) is 0.500. The zero-order valence-electron chi connectivity index (χ0n) is 11.7. The van der Waals surface area contributed by atoms with Crippen LogP contribution in [0, 0.1) is 5.41 Å². The number of benzene rings is 1. The maximum Gasteiger partial charge on any atom is 0.251 e. The van der Waals surface area contributed by atoms with Crippen LogP contribution in [0.15, 0.2) is 18.2 Å². The average Bonchev–Trinajstić information content (AvgIpc) is 2.84. The lowest BCUT2D eigenvalue weighted by molar-refractivity contribution is -0.0978. The smallest absolute Gasteiger partial charge is 0.251 e. The number of nitrogens with one attached hydrogen (secondary N) is 1. The Bertz CT molecular complexity index is 646. The van der Waals surface area contributed by atoms with Crippen LogP contribution < -0.4 is 5.32 Å². The van der Waals surface area contributed by atoms with E-state index in [1.807, 2.05) is 23.7 Å². The summed E-state index contributed by atoms with van der Waals surface area (Å²) in [6.07, 6.45) is 0. The van der Waals surface area contributed by atoms with Crippen LogP contribution in [0.25, 0.3) is 11.0 Å². The summed E-state index contributed by atoms with van der Waals surface area (Å²) in [6, 6.07) is 5.48. The highest BCUT2D eigenvalue weighted by molar-refractivity contribution is 5.97. The van der Waals surface area contributed by atoms with Crippen molar-refractivity contribution >= 4 is 16.9 Å². The van der Waals surface area contributed by atoms with Crippen molar-refractivity contribution < 1.29 is 9.53 Å². The number of fused-ring (bicyclic) bond motifs is 1. The molecular formula is C14H18N4O2. The lowest BCUT2D eigenvalue weighted by atomic mass is 9.88. The molecule has 0 saturated carbocycles. The molecule has 6 nitrogen and oxygen atoms in total. The first-order valence-electron chi connectivity index (χ1n) is 6.80. The van der Waals surface area contributed by atoms with Crippen molar-refractivity contribution in [1.29, 1.82) is 0 Å². The van der Waals surface area contributed by atoms with Gasteiger partial charge in [-0.05, 0) is 25.1 Å². The van der Waals surface area contributed by atoms with E-state index >= 15 is 0 Å². The second-order valence-electron chi connectivity index (χ2n) is 5.59. The molecule has 1 aromatic heterocycles. The van der Waals surface area contributed by atoms with Gasteiger partial charge in [-0.3, -0.25) is 4.79 Å². The van der Waals surface area contributed by atoms with Crippen molar-refractivity contribution in [3.63, 3.8) is 0 Å². The van der Waals surface area contributed by atoms with Crippen LogP contribution in [-0.4, -0.2) is 40.7 Å². The molecule has 106 valence electrons. The Morgan fingerprint density at radius 2 is 2.30 bits per heavy atom. The van der Waals surface area contributed by atoms with E-state index in [0.717, 1.165) is 17.6 Å². The molecule has 0 radical (unpaired) electrons. The Morgan fingerprint density at radius 1 is 1.50 bits per heavy atom. The van der Waals surface area contributed by atoms with E-state index in [1.54, 1.807) is 6.07 Å². The standard InChI is InChI=1S/C14H18N4O2/c1-3-18-12-5-4-10(6-11(12)16-17-18)13(19)15-7-14(2)8-20-9-14/h4-6H,3,7-9H2,1-2H3,(H,15,19). The van der Waals surface area contributed by atoms with Crippen LogP contribution in [0.5, 0.6) is 0 Å². The monoisotopic (exact) mass is 274 g/mol. The number of nitrogens with zero attached hydrogens (tertiary/aromatic N) is 3. The van der Waals surface area contributed by atoms with E-state index in [0.29, 0.717) is 25.3 Å². The summed E-state index contributed by atoms with van der Waals surface area (Å²) in [5.41, 5.74) is 2.39. The number of aryl methyl sites for hydroxylation is 1. The zero-order chi connectivity index (χ0) is 14.2. The summed E-state index contributed by atoms with van der Waals surface area (Å²) in [4.78, 5) is 12.1. The first-order chi connectivity index (χ1) is 9.61. The van der Waals surface area contributed by atoms with Crippen LogP contribution >= 0.6 is 0 Å². The molecule has 0 atom stereocenters. The van der Waals surface area contributed by atoms with Gasteiger partial charge in [-0.2, -0.15) is 0 Å². The van der Waals surface area contributed by atoms with Crippen LogP contribution in [0.4, 0.5) is 0 Å². The van der Waals surface area contributed by atoms with Gasteiger partial charge in [0.15, 0.2) is 0 Å². The molecule has 0 aliphatic carbocycles. The number of amides is 1. The van der Waals surface area contributed by atoms with Crippen LogP contribution in [0.1, 0.15) is 24.2 Å². The van der Waals surface area contributed by atoms with Crippen molar-refractivity contribution in [3.05, 3.63) is 23.8 Å². The molecule has 1 aliphatic heterocycles. The lowest BCUT2D eigenvalue weighted by Crippen LogP contribution is -2.48. The molecule has 1 aromatic carbocycles. The fourth-order valence-electron chi connectivity index (χ4n) is 2.30. The maximum absolute atomic E-state index is 12.1. The first-order valence-corrected chi connectivity index (χ1v) is 6.80. The molecule has 3 rings (SSSR count). The molecule has 1 N–H and O–H groups in total. The van der Waals surface area contributed by atoms with Crippen molar-refractivity contribution in [2.75, 3.05) is 19.8 Å². The third kappa shape index (κ3) is 2.27. The predicted molar refractivity (Wildman–Crippen MR) is 74.5 cm³/mol. The number of carbonyl (C=O) groups excluding carboxylic acids is 1. The van der Waals surface area contributed by atoms with Gasteiger partial charge in [0.05, 0.1) is 18.7 Å². The Kier molecular flexibility index (Phi) is 3.17. The summed E-state index contributed by atoms with van der Waals surface area (Å²) < 4.78 is 6.99. The van der Waals surface area contributed by atoms with Crippen molar-refractivity contribution in [2.24, 2.45) is 5.41 Å². The third-order valence-electron chi connectivity index (χ3n) is 3.65.